The van der Waals surface area contributed by atoms with Crippen molar-refractivity contribution < 1.29 is 9.59 Å². The number of fused-ring (bicyclic) bond motifs is 2. The van der Waals surface area contributed by atoms with E-state index in [1.807, 2.05) is 13.8 Å². The summed E-state index contributed by atoms with van der Waals surface area (Å²) < 4.78 is 0. The van der Waals surface area contributed by atoms with Crippen LogP contribution in [0.4, 0.5) is 0 Å². The van der Waals surface area contributed by atoms with Gasteiger partial charge in [0.15, 0.2) is 0 Å². The molecule has 2 saturated heterocycles. The van der Waals surface area contributed by atoms with Crippen molar-refractivity contribution in [3.63, 3.8) is 0 Å². The molecule has 2 amide bonds. The van der Waals surface area contributed by atoms with Crippen LogP contribution in [-0.2, 0) is 9.59 Å². The molecule has 5 nitrogen and oxygen atoms in total. The molecule has 2 bridgehead atoms. The van der Waals surface area contributed by atoms with Crippen molar-refractivity contribution in [3.8, 4) is 0 Å². The fourth-order valence-corrected chi connectivity index (χ4v) is 3.39. The number of hydrogen-bond acceptors (Lipinski definition) is 3. The minimum absolute atomic E-state index is 0. The van der Waals surface area contributed by atoms with E-state index >= 15 is 0 Å². The highest BCUT2D eigenvalue weighted by Gasteiger charge is 2.34. The fraction of sp³-hybridized carbons (Fsp3) is 0.867. The molecule has 0 saturated carbocycles. The van der Waals surface area contributed by atoms with E-state index < -0.39 is 0 Å². The zero-order chi connectivity index (χ0) is 14.5. The average molecular weight is 318 g/mol. The minimum atomic E-state index is 0. The smallest absolute Gasteiger partial charge is 0.221 e. The van der Waals surface area contributed by atoms with Crippen LogP contribution < -0.4 is 16.0 Å². The van der Waals surface area contributed by atoms with E-state index in [1.165, 1.54) is 12.8 Å². The van der Waals surface area contributed by atoms with Gasteiger partial charge >= 0.3 is 0 Å². The molecule has 0 aromatic heterocycles. The second-order valence-electron chi connectivity index (χ2n) is 6.50. The third-order valence-electron chi connectivity index (χ3n) is 4.17. The van der Waals surface area contributed by atoms with E-state index in [2.05, 4.69) is 16.0 Å². The number of piperidine rings is 1. The Morgan fingerprint density at radius 3 is 2.33 bits per heavy atom. The zero-order valence-electron chi connectivity index (χ0n) is 13.0. The van der Waals surface area contributed by atoms with Crippen LogP contribution in [0.3, 0.4) is 0 Å². The maximum Gasteiger partial charge on any atom is 0.221 e. The summed E-state index contributed by atoms with van der Waals surface area (Å²) in [6.07, 6.45) is 5.74. The molecule has 122 valence electrons. The van der Waals surface area contributed by atoms with Crippen LogP contribution in [0.15, 0.2) is 0 Å². The molecule has 0 aliphatic carbocycles. The van der Waals surface area contributed by atoms with Crippen molar-refractivity contribution >= 4 is 24.2 Å². The summed E-state index contributed by atoms with van der Waals surface area (Å²) in [6, 6.07) is 1.41. The Labute approximate surface area is 133 Å². The monoisotopic (exact) mass is 317 g/mol. The number of hydrogen-bond donors (Lipinski definition) is 3. The molecule has 0 radical (unpaired) electrons. The minimum Gasteiger partial charge on any atom is -0.356 e. The molecule has 0 aromatic rings. The fourth-order valence-electron chi connectivity index (χ4n) is 3.39. The van der Waals surface area contributed by atoms with Crippen LogP contribution in [0, 0.1) is 5.92 Å². The summed E-state index contributed by atoms with van der Waals surface area (Å²) in [5.41, 5.74) is 0. The van der Waals surface area contributed by atoms with Gasteiger partial charge in [0, 0.05) is 37.5 Å². The summed E-state index contributed by atoms with van der Waals surface area (Å²) in [6.45, 7) is 4.30. The Bertz CT molecular complexity index is 351. The van der Waals surface area contributed by atoms with Gasteiger partial charge in [-0.2, -0.15) is 0 Å². The Balaban J connectivity index is 0.00000220. The molecule has 2 heterocycles. The number of carbonyl (C=O) groups excluding carboxylic acids is 2. The molecule has 3 N–H and O–H groups in total. The number of rotatable bonds is 6. The Hall–Kier alpha value is -0.810. The molecular weight excluding hydrogens is 290 g/mol. The van der Waals surface area contributed by atoms with Gasteiger partial charge in [-0.15, -0.1) is 12.4 Å². The van der Waals surface area contributed by atoms with E-state index in [4.69, 9.17) is 0 Å². The quantitative estimate of drug-likeness (QED) is 0.693. The van der Waals surface area contributed by atoms with Gasteiger partial charge in [-0.3, -0.25) is 9.59 Å². The summed E-state index contributed by atoms with van der Waals surface area (Å²) in [5, 5.41) is 9.27. The van der Waals surface area contributed by atoms with Gasteiger partial charge in [-0.05, 0) is 45.4 Å². The summed E-state index contributed by atoms with van der Waals surface area (Å²) in [7, 11) is 0. The van der Waals surface area contributed by atoms with Crippen LogP contribution in [0.25, 0.3) is 0 Å². The van der Waals surface area contributed by atoms with Crippen LogP contribution >= 0.6 is 12.4 Å². The molecule has 0 aromatic carbocycles. The average Bonchev–Trinajstić information content (AvgIpc) is 2.67. The molecule has 21 heavy (non-hydrogen) atoms. The van der Waals surface area contributed by atoms with Crippen molar-refractivity contribution in [1.29, 1.82) is 0 Å². The molecule has 2 fully saturated rings. The highest BCUT2D eigenvalue weighted by molar-refractivity contribution is 5.85. The standard InChI is InChI=1S/C15H27N3O2.ClH/c1-10(2)17-14(19)5-6-16-15(20)9-11-7-12-3-4-13(8-11)18-12;/h10-13,18H,3-9H2,1-2H3,(H,16,20)(H,17,19);1H. The number of nitrogens with one attached hydrogen (secondary N) is 3. The molecule has 2 aliphatic heterocycles. The molecule has 2 aliphatic rings. The third-order valence-corrected chi connectivity index (χ3v) is 4.17. The molecule has 6 heteroatoms. The van der Waals surface area contributed by atoms with Crippen LogP contribution in [0.2, 0.25) is 0 Å². The SMILES string of the molecule is CC(C)NC(=O)CCNC(=O)CC1CC2CCC(C1)N2.Cl. The van der Waals surface area contributed by atoms with Crippen molar-refractivity contribution in [1.82, 2.24) is 16.0 Å². The lowest BCUT2D eigenvalue weighted by molar-refractivity contribution is -0.123. The lowest BCUT2D eigenvalue weighted by Gasteiger charge is -2.28. The topological polar surface area (TPSA) is 70.2 Å². The first kappa shape index (κ1) is 18.2. The van der Waals surface area contributed by atoms with Gasteiger partial charge in [0.2, 0.25) is 11.8 Å². The molecule has 2 unspecified atom stereocenters. The first-order valence-electron chi connectivity index (χ1n) is 7.85. The first-order chi connectivity index (χ1) is 9.52. The summed E-state index contributed by atoms with van der Waals surface area (Å²) >= 11 is 0. The van der Waals surface area contributed by atoms with Crippen molar-refractivity contribution in [3.05, 3.63) is 0 Å². The van der Waals surface area contributed by atoms with Gasteiger partial charge in [0.1, 0.15) is 0 Å². The molecule has 0 spiro atoms. The third kappa shape index (κ3) is 6.22. The predicted octanol–water partition coefficient (Wildman–Crippen LogP) is 1.36. The van der Waals surface area contributed by atoms with Gasteiger partial charge in [0.05, 0.1) is 0 Å². The lowest BCUT2D eigenvalue weighted by Crippen LogP contribution is -2.40. The van der Waals surface area contributed by atoms with Gasteiger partial charge in [-0.25, -0.2) is 0 Å². The molecular formula is C15H28ClN3O2. The Morgan fingerprint density at radius 1 is 1.14 bits per heavy atom. The maximum absolute atomic E-state index is 11.9. The number of carbonyl (C=O) groups is 2. The van der Waals surface area contributed by atoms with Crippen molar-refractivity contribution in [2.75, 3.05) is 6.54 Å². The summed E-state index contributed by atoms with van der Waals surface area (Å²) in [4.78, 5) is 23.3. The molecule has 2 rings (SSSR count). The van der Waals surface area contributed by atoms with Crippen LogP contribution in [-0.4, -0.2) is 36.5 Å². The van der Waals surface area contributed by atoms with E-state index in [0.717, 1.165) is 12.8 Å². The van der Waals surface area contributed by atoms with E-state index in [0.29, 0.717) is 37.4 Å². The zero-order valence-corrected chi connectivity index (χ0v) is 13.8. The van der Waals surface area contributed by atoms with Gasteiger partial charge < -0.3 is 16.0 Å². The largest absolute Gasteiger partial charge is 0.356 e. The van der Waals surface area contributed by atoms with Crippen LogP contribution in [0.5, 0.6) is 0 Å². The van der Waals surface area contributed by atoms with Crippen LogP contribution in [0.1, 0.15) is 52.4 Å². The predicted molar refractivity (Wildman–Crippen MR) is 85.4 cm³/mol. The van der Waals surface area contributed by atoms with Gasteiger partial charge in [0.25, 0.3) is 0 Å². The van der Waals surface area contributed by atoms with E-state index in [9.17, 15) is 9.59 Å². The van der Waals surface area contributed by atoms with Gasteiger partial charge in [-0.1, -0.05) is 0 Å². The highest BCUT2D eigenvalue weighted by atomic mass is 35.5. The van der Waals surface area contributed by atoms with E-state index in [-0.39, 0.29) is 30.3 Å². The second-order valence-corrected chi connectivity index (χ2v) is 6.50. The summed E-state index contributed by atoms with van der Waals surface area (Å²) in [5.74, 6) is 0.604. The number of halogens is 1. The van der Waals surface area contributed by atoms with E-state index in [1.54, 1.807) is 0 Å². The highest BCUT2D eigenvalue weighted by Crippen LogP contribution is 2.32. The number of amides is 2. The first-order valence-corrected chi connectivity index (χ1v) is 7.85. The Morgan fingerprint density at radius 2 is 1.76 bits per heavy atom. The molecule has 2 atom stereocenters. The normalized spacial score (nSPS) is 27.1. The Kier molecular flexibility index (Phi) is 7.46. The second kappa shape index (κ2) is 8.59. The lowest BCUT2D eigenvalue weighted by atomic mass is 9.89. The van der Waals surface area contributed by atoms with Crippen molar-refractivity contribution in [2.24, 2.45) is 5.92 Å². The van der Waals surface area contributed by atoms with Crippen molar-refractivity contribution in [2.45, 2.75) is 70.5 Å². The maximum atomic E-state index is 11.9.